The summed E-state index contributed by atoms with van der Waals surface area (Å²) in [4.78, 5) is 18.2. The molecule has 2 aromatic rings. The van der Waals surface area contributed by atoms with Crippen molar-refractivity contribution < 1.29 is 13.2 Å². The molecule has 0 aliphatic carbocycles. The lowest BCUT2D eigenvalue weighted by Gasteiger charge is -2.33. The summed E-state index contributed by atoms with van der Waals surface area (Å²) in [6, 6.07) is 4.86. The van der Waals surface area contributed by atoms with E-state index in [1.807, 2.05) is 6.92 Å². The highest BCUT2D eigenvalue weighted by molar-refractivity contribution is 7.89. The Morgan fingerprint density at radius 2 is 1.92 bits per heavy atom. The van der Waals surface area contributed by atoms with E-state index in [-0.39, 0.29) is 23.9 Å². The van der Waals surface area contributed by atoms with Gasteiger partial charge >= 0.3 is 0 Å². The Balaban J connectivity index is 1.70. The lowest BCUT2D eigenvalue weighted by Crippen LogP contribution is -2.50. The third-order valence-electron chi connectivity index (χ3n) is 4.02. The highest BCUT2D eigenvalue weighted by atomic mass is 32.2. The summed E-state index contributed by atoms with van der Waals surface area (Å²) >= 11 is 0. The summed E-state index contributed by atoms with van der Waals surface area (Å²) in [6.45, 7) is 3.06. The van der Waals surface area contributed by atoms with Gasteiger partial charge in [-0.25, -0.2) is 8.42 Å². The number of rotatable bonds is 3. The molecule has 3 heterocycles. The summed E-state index contributed by atoms with van der Waals surface area (Å²) in [5.41, 5.74) is 1.29. The molecule has 9 heteroatoms. The van der Waals surface area contributed by atoms with Crippen LogP contribution < -0.4 is 0 Å². The second-order valence-electron chi connectivity index (χ2n) is 5.68. The van der Waals surface area contributed by atoms with E-state index in [1.54, 1.807) is 28.8 Å². The Morgan fingerprint density at radius 1 is 1.21 bits per heavy atom. The van der Waals surface area contributed by atoms with Crippen molar-refractivity contribution in [1.82, 2.24) is 24.0 Å². The van der Waals surface area contributed by atoms with Crippen LogP contribution >= 0.6 is 0 Å². The molecule has 0 radical (unpaired) electrons. The van der Waals surface area contributed by atoms with E-state index in [4.69, 9.17) is 0 Å². The zero-order valence-corrected chi connectivity index (χ0v) is 14.4. The smallest absolute Gasteiger partial charge is 0.272 e. The summed E-state index contributed by atoms with van der Waals surface area (Å²) in [7, 11) is -1.84. The van der Waals surface area contributed by atoms with Crippen LogP contribution in [-0.4, -0.2) is 64.5 Å². The number of aromatic nitrogens is 3. The van der Waals surface area contributed by atoms with Gasteiger partial charge in [-0.05, 0) is 25.1 Å². The minimum atomic E-state index is -3.56. The molecule has 0 saturated carbocycles. The van der Waals surface area contributed by atoms with Crippen LogP contribution in [0.5, 0.6) is 0 Å². The normalized spacial score (nSPS) is 16.3. The number of aryl methyl sites for hydroxylation is 2. The lowest BCUT2D eigenvalue weighted by atomic mass is 10.3. The molecule has 0 aromatic carbocycles. The molecule has 0 bridgehead atoms. The number of amides is 1. The first-order valence-electron chi connectivity index (χ1n) is 7.59. The standard InChI is InChI=1S/C15H19N5O3S/c1-12-10-14(18(2)17-12)15(21)19-6-8-20(9-7-19)24(22,23)13-4-3-5-16-11-13/h3-5,10-11H,6-9H2,1-2H3. The van der Waals surface area contributed by atoms with Crippen molar-refractivity contribution in [3.05, 3.63) is 42.0 Å². The number of carbonyl (C=O) groups excluding carboxylic acids is 1. The van der Waals surface area contributed by atoms with Crippen LogP contribution in [-0.2, 0) is 17.1 Å². The van der Waals surface area contributed by atoms with Crippen LogP contribution in [0.2, 0.25) is 0 Å². The monoisotopic (exact) mass is 349 g/mol. The van der Waals surface area contributed by atoms with Crippen molar-refractivity contribution in [2.75, 3.05) is 26.2 Å². The van der Waals surface area contributed by atoms with E-state index in [0.717, 1.165) is 5.69 Å². The molecule has 0 N–H and O–H groups in total. The van der Waals surface area contributed by atoms with Gasteiger partial charge in [0.05, 0.1) is 5.69 Å². The first-order valence-corrected chi connectivity index (χ1v) is 9.03. The first kappa shape index (κ1) is 16.6. The van der Waals surface area contributed by atoms with Gasteiger partial charge in [0.1, 0.15) is 10.6 Å². The van der Waals surface area contributed by atoms with Crippen LogP contribution in [0.4, 0.5) is 0 Å². The molecule has 1 aliphatic heterocycles. The van der Waals surface area contributed by atoms with Crippen molar-refractivity contribution in [3.8, 4) is 0 Å². The molecule has 2 aromatic heterocycles. The summed E-state index contributed by atoms with van der Waals surface area (Å²) in [5, 5.41) is 4.18. The predicted molar refractivity (Wildman–Crippen MR) is 86.8 cm³/mol. The number of pyridine rings is 1. The molecule has 1 aliphatic rings. The van der Waals surface area contributed by atoms with E-state index >= 15 is 0 Å². The minimum absolute atomic E-state index is 0.128. The molecule has 1 saturated heterocycles. The van der Waals surface area contributed by atoms with Gasteiger partial charge in [-0.1, -0.05) is 0 Å². The van der Waals surface area contributed by atoms with Crippen LogP contribution in [0.25, 0.3) is 0 Å². The fourth-order valence-corrected chi connectivity index (χ4v) is 4.14. The lowest BCUT2D eigenvalue weighted by molar-refractivity contribution is 0.0687. The second-order valence-corrected chi connectivity index (χ2v) is 7.62. The molecule has 24 heavy (non-hydrogen) atoms. The topological polar surface area (TPSA) is 88.4 Å². The van der Waals surface area contributed by atoms with Crippen molar-refractivity contribution >= 4 is 15.9 Å². The maximum absolute atomic E-state index is 12.6. The average molecular weight is 349 g/mol. The highest BCUT2D eigenvalue weighted by Gasteiger charge is 2.31. The summed E-state index contributed by atoms with van der Waals surface area (Å²) < 4.78 is 28.1. The highest BCUT2D eigenvalue weighted by Crippen LogP contribution is 2.17. The molecule has 3 rings (SSSR count). The number of piperazine rings is 1. The van der Waals surface area contributed by atoms with Crippen LogP contribution in [0.3, 0.4) is 0 Å². The summed E-state index contributed by atoms with van der Waals surface area (Å²) in [6.07, 6.45) is 2.87. The van der Waals surface area contributed by atoms with E-state index in [2.05, 4.69) is 10.1 Å². The van der Waals surface area contributed by atoms with Crippen molar-refractivity contribution in [3.63, 3.8) is 0 Å². The number of hydrogen-bond acceptors (Lipinski definition) is 5. The van der Waals surface area contributed by atoms with Crippen molar-refractivity contribution in [2.45, 2.75) is 11.8 Å². The van der Waals surface area contributed by atoms with Gasteiger partial charge < -0.3 is 4.90 Å². The van der Waals surface area contributed by atoms with Crippen LogP contribution in [0.15, 0.2) is 35.5 Å². The number of carbonyl (C=O) groups is 1. The van der Waals surface area contributed by atoms with E-state index in [9.17, 15) is 13.2 Å². The Morgan fingerprint density at radius 3 is 2.46 bits per heavy atom. The quantitative estimate of drug-likeness (QED) is 0.794. The van der Waals surface area contributed by atoms with Gasteiger partial charge in [-0.3, -0.25) is 14.5 Å². The molecule has 1 amide bonds. The van der Waals surface area contributed by atoms with Gasteiger partial charge in [0.2, 0.25) is 10.0 Å². The average Bonchev–Trinajstić information content (AvgIpc) is 2.93. The van der Waals surface area contributed by atoms with Crippen molar-refractivity contribution in [1.29, 1.82) is 0 Å². The molecule has 0 atom stereocenters. The van der Waals surface area contributed by atoms with Crippen molar-refractivity contribution in [2.24, 2.45) is 7.05 Å². The fourth-order valence-electron chi connectivity index (χ4n) is 2.75. The zero-order valence-electron chi connectivity index (χ0n) is 13.6. The van der Waals surface area contributed by atoms with E-state index < -0.39 is 10.0 Å². The number of hydrogen-bond donors (Lipinski definition) is 0. The Bertz CT molecular complexity index is 839. The number of sulfonamides is 1. The fraction of sp³-hybridized carbons (Fsp3) is 0.400. The largest absolute Gasteiger partial charge is 0.335 e. The molecule has 1 fully saturated rings. The second kappa shape index (κ2) is 6.33. The van der Waals surface area contributed by atoms with Gasteiger partial charge in [0, 0.05) is 45.6 Å². The zero-order chi connectivity index (χ0) is 17.3. The maximum Gasteiger partial charge on any atom is 0.272 e. The van der Waals surface area contributed by atoms with Gasteiger partial charge in [0.25, 0.3) is 5.91 Å². The molecular formula is C15H19N5O3S. The molecule has 0 unspecified atom stereocenters. The Hall–Kier alpha value is -2.26. The maximum atomic E-state index is 12.6. The Labute approximate surface area is 140 Å². The van der Waals surface area contributed by atoms with Gasteiger partial charge in [-0.2, -0.15) is 9.40 Å². The molecule has 0 spiro atoms. The van der Waals surface area contributed by atoms with Crippen LogP contribution in [0, 0.1) is 6.92 Å². The van der Waals surface area contributed by atoms with Crippen LogP contribution in [0.1, 0.15) is 16.2 Å². The van der Waals surface area contributed by atoms with Gasteiger partial charge in [0.15, 0.2) is 0 Å². The van der Waals surface area contributed by atoms with Gasteiger partial charge in [-0.15, -0.1) is 0 Å². The third-order valence-corrected chi connectivity index (χ3v) is 5.90. The predicted octanol–water partition coefficient (Wildman–Crippen LogP) is 0.270. The molecule has 128 valence electrons. The molecule has 8 nitrogen and oxygen atoms in total. The third kappa shape index (κ3) is 3.04. The van der Waals surface area contributed by atoms with E-state index in [0.29, 0.717) is 18.8 Å². The molecular weight excluding hydrogens is 330 g/mol. The Kier molecular flexibility index (Phi) is 4.37. The minimum Gasteiger partial charge on any atom is -0.335 e. The SMILES string of the molecule is Cc1cc(C(=O)N2CCN(S(=O)(=O)c3cccnc3)CC2)n(C)n1. The van der Waals surface area contributed by atoms with E-state index in [1.165, 1.54) is 22.8 Å². The first-order chi connectivity index (χ1) is 11.4. The summed E-state index contributed by atoms with van der Waals surface area (Å²) in [5.74, 6) is -0.128. The number of nitrogens with zero attached hydrogens (tertiary/aromatic N) is 5.